The Bertz CT molecular complexity index is 1010. The second kappa shape index (κ2) is 11.0. The molecular formula is C25H30N2O6S. The van der Waals surface area contributed by atoms with Crippen LogP contribution in [0.1, 0.15) is 30.1 Å². The molecule has 2 aromatic carbocycles. The molecule has 4 rings (SSSR count). The van der Waals surface area contributed by atoms with E-state index in [1.54, 1.807) is 38.0 Å². The fraction of sp³-hybridized carbons (Fsp3) is 0.440. The third-order valence-corrected chi connectivity index (χ3v) is 7.32. The van der Waals surface area contributed by atoms with E-state index in [-0.39, 0.29) is 36.1 Å². The number of anilines is 1. The van der Waals surface area contributed by atoms with Crippen LogP contribution in [0.3, 0.4) is 0 Å². The molecule has 182 valence electrons. The van der Waals surface area contributed by atoms with Crippen molar-refractivity contribution in [3.8, 4) is 17.2 Å². The summed E-state index contributed by atoms with van der Waals surface area (Å²) in [5, 5.41) is 2.73. The number of hydrogen-bond donors (Lipinski definition) is 1. The van der Waals surface area contributed by atoms with Crippen LogP contribution in [0.25, 0.3) is 0 Å². The van der Waals surface area contributed by atoms with Crippen molar-refractivity contribution in [1.82, 2.24) is 5.32 Å². The van der Waals surface area contributed by atoms with Crippen molar-refractivity contribution in [3.63, 3.8) is 0 Å². The van der Waals surface area contributed by atoms with E-state index >= 15 is 0 Å². The summed E-state index contributed by atoms with van der Waals surface area (Å²) in [7, 11) is 4.69. The molecule has 34 heavy (non-hydrogen) atoms. The van der Waals surface area contributed by atoms with Gasteiger partial charge in [0, 0.05) is 29.7 Å². The summed E-state index contributed by atoms with van der Waals surface area (Å²) >= 11 is 1.58. The molecule has 0 unspecified atom stereocenters. The van der Waals surface area contributed by atoms with Gasteiger partial charge >= 0.3 is 0 Å². The highest BCUT2D eigenvalue weighted by atomic mass is 32.2. The van der Waals surface area contributed by atoms with Crippen LogP contribution in [0.15, 0.2) is 41.3 Å². The standard InChI is InChI=1S/C25H30N2O6S/c1-30-19-11-16(12-20(31-2)25(19)32-3)22-13-24(29)27(18-8-4-5-9-21(18)34-22)15-23(28)26-14-17-7-6-10-33-17/h4-5,8-9,11-12,17,22H,6-7,10,13-15H2,1-3H3,(H,26,28)/t17-,22-/m1/s1. The van der Waals surface area contributed by atoms with Gasteiger partial charge in [-0.2, -0.15) is 0 Å². The number of benzene rings is 2. The average molecular weight is 487 g/mol. The molecule has 2 amide bonds. The molecule has 2 heterocycles. The SMILES string of the molecule is COc1cc([C@H]2CC(=O)N(CC(=O)NC[C@H]3CCCO3)c3ccccc3S2)cc(OC)c1OC. The van der Waals surface area contributed by atoms with Crippen molar-refractivity contribution >= 4 is 29.3 Å². The van der Waals surface area contributed by atoms with Gasteiger partial charge in [-0.15, -0.1) is 11.8 Å². The second-order valence-corrected chi connectivity index (χ2v) is 9.40. The van der Waals surface area contributed by atoms with Gasteiger partial charge in [0.25, 0.3) is 0 Å². The normalized spacial score (nSPS) is 19.9. The summed E-state index contributed by atoms with van der Waals surface area (Å²) in [5.41, 5.74) is 1.62. The van der Waals surface area contributed by atoms with Gasteiger partial charge in [0.15, 0.2) is 11.5 Å². The largest absolute Gasteiger partial charge is 0.493 e. The highest BCUT2D eigenvalue weighted by Crippen LogP contribution is 2.48. The Morgan fingerprint density at radius 2 is 1.88 bits per heavy atom. The van der Waals surface area contributed by atoms with Crippen LogP contribution in [0.4, 0.5) is 5.69 Å². The second-order valence-electron chi connectivity index (χ2n) is 8.16. The van der Waals surface area contributed by atoms with Gasteiger partial charge < -0.3 is 29.2 Å². The summed E-state index contributed by atoms with van der Waals surface area (Å²) in [4.78, 5) is 28.6. The van der Waals surface area contributed by atoms with Crippen molar-refractivity contribution in [3.05, 3.63) is 42.0 Å². The summed E-state index contributed by atoms with van der Waals surface area (Å²) in [5.74, 6) is 1.25. The zero-order valence-corrected chi connectivity index (χ0v) is 20.5. The number of carbonyl (C=O) groups is 2. The van der Waals surface area contributed by atoms with Crippen molar-refractivity contribution < 1.29 is 28.5 Å². The Morgan fingerprint density at radius 1 is 1.15 bits per heavy atom. The Hall–Kier alpha value is -2.91. The van der Waals surface area contributed by atoms with E-state index in [4.69, 9.17) is 18.9 Å². The fourth-order valence-corrected chi connectivity index (χ4v) is 5.52. The highest BCUT2D eigenvalue weighted by molar-refractivity contribution is 7.99. The number of thioether (sulfide) groups is 1. The zero-order valence-electron chi connectivity index (χ0n) is 19.7. The molecule has 0 radical (unpaired) electrons. The van der Waals surface area contributed by atoms with Crippen LogP contribution >= 0.6 is 11.8 Å². The van der Waals surface area contributed by atoms with Crippen LogP contribution < -0.4 is 24.4 Å². The lowest BCUT2D eigenvalue weighted by Gasteiger charge is -2.22. The predicted octanol–water partition coefficient (Wildman–Crippen LogP) is 3.58. The van der Waals surface area contributed by atoms with E-state index in [1.807, 2.05) is 36.4 Å². The van der Waals surface area contributed by atoms with E-state index in [0.29, 0.717) is 23.8 Å². The minimum atomic E-state index is -0.199. The summed E-state index contributed by atoms with van der Waals surface area (Å²) in [6, 6.07) is 11.4. The van der Waals surface area contributed by atoms with E-state index in [1.165, 1.54) is 0 Å². The molecule has 2 aromatic rings. The van der Waals surface area contributed by atoms with Gasteiger partial charge in [-0.3, -0.25) is 9.59 Å². The first-order valence-electron chi connectivity index (χ1n) is 11.3. The summed E-state index contributed by atoms with van der Waals surface area (Å²) < 4.78 is 22.0. The van der Waals surface area contributed by atoms with Crippen LogP contribution in [0.5, 0.6) is 17.2 Å². The zero-order chi connectivity index (χ0) is 24.1. The monoisotopic (exact) mass is 486 g/mol. The number of methoxy groups -OCH3 is 3. The first kappa shape index (κ1) is 24.2. The van der Waals surface area contributed by atoms with Gasteiger partial charge in [-0.05, 0) is 42.7 Å². The number of rotatable bonds is 8. The lowest BCUT2D eigenvalue weighted by atomic mass is 10.1. The molecule has 2 aliphatic rings. The third-order valence-electron chi connectivity index (χ3n) is 6.00. The van der Waals surface area contributed by atoms with Crippen molar-refractivity contribution in [2.75, 3.05) is 45.9 Å². The Balaban J connectivity index is 1.58. The van der Waals surface area contributed by atoms with Crippen molar-refractivity contribution in [1.29, 1.82) is 0 Å². The Morgan fingerprint density at radius 3 is 2.53 bits per heavy atom. The molecule has 2 atom stereocenters. The van der Waals surface area contributed by atoms with Crippen LogP contribution in [-0.4, -0.2) is 58.9 Å². The smallest absolute Gasteiger partial charge is 0.240 e. The van der Waals surface area contributed by atoms with Gasteiger partial charge in [0.05, 0.1) is 33.1 Å². The maximum atomic E-state index is 13.4. The molecule has 0 spiro atoms. The first-order valence-corrected chi connectivity index (χ1v) is 12.2. The molecule has 8 nitrogen and oxygen atoms in total. The quantitative estimate of drug-likeness (QED) is 0.610. The minimum absolute atomic E-state index is 0.0366. The number of nitrogens with one attached hydrogen (secondary N) is 1. The number of amides is 2. The summed E-state index contributed by atoms with van der Waals surface area (Å²) in [6.45, 7) is 1.16. The van der Waals surface area contributed by atoms with Crippen LogP contribution in [-0.2, 0) is 14.3 Å². The number of nitrogens with zero attached hydrogens (tertiary/aromatic N) is 1. The molecule has 1 N–H and O–H groups in total. The predicted molar refractivity (Wildman–Crippen MR) is 130 cm³/mol. The fourth-order valence-electron chi connectivity index (χ4n) is 4.26. The minimum Gasteiger partial charge on any atom is -0.493 e. The molecule has 1 saturated heterocycles. The van der Waals surface area contributed by atoms with Gasteiger partial charge in [-0.1, -0.05) is 12.1 Å². The third kappa shape index (κ3) is 5.26. The molecular weight excluding hydrogens is 456 g/mol. The van der Waals surface area contributed by atoms with Crippen LogP contribution in [0.2, 0.25) is 0 Å². The lowest BCUT2D eigenvalue weighted by molar-refractivity contribution is -0.124. The maximum Gasteiger partial charge on any atom is 0.240 e. The number of ether oxygens (including phenoxy) is 4. The Kier molecular flexibility index (Phi) is 7.84. The van der Waals surface area contributed by atoms with Crippen LogP contribution in [0, 0.1) is 0 Å². The summed E-state index contributed by atoms with van der Waals surface area (Å²) in [6.07, 6.45) is 2.23. The first-order chi connectivity index (χ1) is 16.5. The lowest BCUT2D eigenvalue weighted by Crippen LogP contribution is -2.42. The van der Waals surface area contributed by atoms with Crippen molar-refractivity contribution in [2.24, 2.45) is 0 Å². The van der Waals surface area contributed by atoms with Gasteiger partial charge in [0.1, 0.15) is 6.54 Å². The van der Waals surface area contributed by atoms with Gasteiger partial charge in [-0.25, -0.2) is 0 Å². The molecule has 1 fully saturated rings. The van der Waals surface area contributed by atoms with E-state index in [2.05, 4.69) is 5.32 Å². The molecule has 0 bridgehead atoms. The maximum absolute atomic E-state index is 13.4. The number of para-hydroxylation sites is 1. The van der Waals surface area contributed by atoms with Crippen molar-refractivity contribution in [2.45, 2.75) is 35.5 Å². The van der Waals surface area contributed by atoms with E-state index in [9.17, 15) is 9.59 Å². The van der Waals surface area contributed by atoms with E-state index < -0.39 is 0 Å². The Labute approximate surface area is 203 Å². The topological polar surface area (TPSA) is 86.3 Å². The van der Waals surface area contributed by atoms with Gasteiger partial charge in [0.2, 0.25) is 17.6 Å². The molecule has 0 aliphatic carbocycles. The average Bonchev–Trinajstić information content (AvgIpc) is 3.34. The molecule has 9 heteroatoms. The number of fused-ring (bicyclic) bond motifs is 1. The highest BCUT2D eigenvalue weighted by Gasteiger charge is 2.31. The van der Waals surface area contributed by atoms with E-state index in [0.717, 1.165) is 35.6 Å². The number of carbonyl (C=O) groups excluding carboxylic acids is 2. The molecule has 0 aromatic heterocycles. The molecule has 0 saturated carbocycles. The number of hydrogen-bond acceptors (Lipinski definition) is 7. The molecule has 2 aliphatic heterocycles.